The van der Waals surface area contributed by atoms with Gasteiger partial charge in [-0.3, -0.25) is 9.69 Å². The summed E-state index contributed by atoms with van der Waals surface area (Å²) in [5, 5.41) is 0. The lowest BCUT2D eigenvalue weighted by molar-refractivity contribution is -0.126. The Labute approximate surface area is 102 Å². The van der Waals surface area contributed by atoms with Crippen LogP contribution >= 0.6 is 0 Å². The zero-order chi connectivity index (χ0) is 12.6. The fourth-order valence-corrected chi connectivity index (χ4v) is 2.53. The monoisotopic (exact) mass is 241 g/mol. The predicted octanol–water partition coefficient (Wildman–Crippen LogP) is -0.312. The van der Waals surface area contributed by atoms with Crippen molar-refractivity contribution in [1.29, 1.82) is 0 Å². The lowest BCUT2D eigenvalue weighted by Gasteiger charge is -2.41. The topological polar surface area (TPSA) is 81.6 Å². The Hall–Kier alpha value is -0.650. The SMILES string of the molecule is CC1CN(CC(N)(C(N)=O)C2CC2)C(C)CO1. The lowest BCUT2D eigenvalue weighted by atomic mass is 9.92. The van der Waals surface area contributed by atoms with Gasteiger partial charge in [-0.05, 0) is 32.6 Å². The van der Waals surface area contributed by atoms with Crippen molar-refractivity contribution in [3.63, 3.8) is 0 Å². The first-order valence-electron chi connectivity index (χ1n) is 6.38. The number of nitrogens with two attached hydrogens (primary N) is 2. The highest BCUT2D eigenvalue weighted by molar-refractivity contribution is 5.85. The Balaban J connectivity index is 2.04. The third-order valence-electron chi connectivity index (χ3n) is 3.97. The van der Waals surface area contributed by atoms with Crippen LogP contribution in [0.25, 0.3) is 0 Å². The highest BCUT2D eigenvalue weighted by atomic mass is 16.5. The van der Waals surface area contributed by atoms with E-state index in [1.54, 1.807) is 0 Å². The fourth-order valence-electron chi connectivity index (χ4n) is 2.53. The van der Waals surface area contributed by atoms with Crippen molar-refractivity contribution in [3.8, 4) is 0 Å². The number of hydrogen-bond acceptors (Lipinski definition) is 4. The molecular formula is C12H23N3O2. The Kier molecular flexibility index (Phi) is 3.43. The summed E-state index contributed by atoms with van der Waals surface area (Å²) in [4.78, 5) is 13.8. The number of hydrogen-bond donors (Lipinski definition) is 2. The number of ether oxygens (including phenoxy) is 1. The second-order valence-electron chi connectivity index (χ2n) is 5.60. The second kappa shape index (κ2) is 4.55. The predicted molar refractivity (Wildman–Crippen MR) is 65.3 cm³/mol. The van der Waals surface area contributed by atoms with Crippen molar-refractivity contribution in [2.45, 2.75) is 44.4 Å². The molecule has 0 radical (unpaired) electrons. The van der Waals surface area contributed by atoms with Crippen molar-refractivity contribution >= 4 is 5.91 Å². The third-order valence-corrected chi connectivity index (χ3v) is 3.97. The van der Waals surface area contributed by atoms with Crippen molar-refractivity contribution < 1.29 is 9.53 Å². The van der Waals surface area contributed by atoms with Crippen LogP contribution in [0.3, 0.4) is 0 Å². The van der Waals surface area contributed by atoms with E-state index in [1.165, 1.54) is 0 Å². The number of nitrogens with zero attached hydrogens (tertiary/aromatic N) is 1. The molecule has 0 aromatic heterocycles. The second-order valence-corrected chi connectivity index (χ2v) is 5.60. The minimum Gasteiger partial charge on any atom is -0.376 e. The molecule has 98 valence electrons. The maximum atomic E-state index is 11.6. The van der Waals surface area contributed by atoms with Gasteiger partial charge in [-0.1, -0.05) is 0 Å². The van der Waals surface area contributed by atoms with E-state index >= 15 is 0 Å². The van der Waals surface area contributed by atoms with Crippen molar-refractivity contribution in [1.82, 2.24) is 4.90 Å². The zero-order valence-corrected chi connectivity index (χ0v) is 10.7. The molecule has 2 fully saturated rings. The maximum absolute atomic E-state index is 11.6. The van der Waals surface area contributed by atoms with Crippen LogP contribution in [0.1, 0.15) is 26.7 Å². The van der Waals surface area contributed by atoms with Crippen LogP contribution in [0.5, 0.6) is 0 Å². The van der Waals surface area contributed by atoms with Crippen LogP contribution in [-0.2, 0) is 9.53 Å². The first-order chi connectivity index (χ1) is 7.93. The summed E-state index contributed by atoms with van der Waals surface area (Å²) >= 11 is 0. The molecule has 2 rings (SSSR count). The highest BCUT2D eigenvalue weighted by Crippen LogP contribution is 2.39. The molecule has 3 unspecified atom stereocenters. The number of morpholine rings is 1. The van der Waals surface area contributed by atoms with Gasteiger partial charge in [0.25, 0.3) is 0 Å². The van der Waals surface area contributed by atoms with E-state index in [4.69, 9.17) is 16.2 Å². The molecule has 1 aliphatic heterocycles. The maximum Gasteiger partial charge on any atom is 0.239 e. The first-order valence-corrected chi connectivity index (χ1v) is 6.38. The van der Waals surface area contributed by atoms with Gasteiger partial charge in [-0.15, -0.1) is 0 Å². The molecule has 1 amide bonds. The highest BCUT2D eigenvalue weighted by Gasteiger charge is 2.48. The summed E-state index contributed by atoms with van der Waals surface area (Å²) in [6, 6.07) is 0.298. The van der Waals surface area contributed by atoms with Gasteiger partial charge in [0.1, 0.15) is 5.54 Å². The smallest absolute Gasteiger partial charge is 0.239 e. The summed E-state index contributed by atoms with van der Waals surface area (Å²) in [7, 11) is 0. The molecule has 1 saturated heterocycles. The molecule has 5 nitrogen and oxygen atoms in total. The molecule has 3 atom stereocenters. The van der Waals surface area contributed by atoms with E-state index in [2.05, 4.69) is 11.8 Å². The molecule has 0 bridgehead atoms. The van der Waals surface area contributed by atoms with Crippen molar-refractivity contribution in [2.24, 2.45) is 17.4 Å². The molecule has 0 aromatic carbocycles. The average Bonchev–Trinajstić information content (AvgIpc) is 3.06. The van der Waals surface area contributed by atoms with E-state index < -0.39 is 5.54 Å². The van der Waals surface area contributed by atoms with E-state index in [9.17, 15) is 4.79 Å². The Morgan fingerprint density at radius 2 is 2.12 bits per heavy atom. The van der Waals surface area contributed by atoms with Gasteiger partial charge in [0.15, 0.2) is 0 Å². The summed E-state index contributed by atoms with van der Waals surface area (Å²) in [5.41, 5.74) is 10.9. The largest absolute Gasteiger partial charge is 0.376 e. The average molecular weight is 241 g/mol. The van der Waals surface area contributed by atoms with Gasteiger partial charge in [0.2, 0.25) is 5.91 Å². The molecule has 1 heterocycles. The zero-order valence-electron chi connectivity index (χ0n) is 10.7. The number of carbonyl (C=O) groups is 1. The van der Waals surface area contributed by atoms with Crippen LogP contribution in [-0.4, -0.2) is 48.2 Å². The molecule has 1 aliphatic carbocycles. The lowest BCUT2D eigenvalue weighted by Crippen LogP contribution is -2.63. The summed E-state index contributed by atoms with van der Waals surface area (Å²) in [6.45, 7) is 6.21. The number of rotatable bonds is 4. The quantitative estimate of drug-likeness (QED) is 0.707. The van der Waals surface area contributed by atoms with Crippen LogP contribution < -0.4 is 11.5 Å². The molecule has 0 aromatic rings. The van der Waals surface area contributed by atoms with E-state index in [-0.39, 0.29) is 17.9 Å². The molecular weight excluding hydrogens is 218 g/mol. The molecule has 0 spiro atoms. The number of amides is 1. The molecule has 1 saturated carbocycles. The number of carbonyl (C=O) groups excluding carboxylic acids is 1. The van der Waals surface area contributed by atoms with Crippen molar-refractivity contribution in [3.05, 3.63) is 0 Å². The minimum atomic E-state index is -0.856. The summed E-state index contributed by atoms with van der Waals surface area (Å²) in [5.74, 6) is -0.100. The standard InChI is InChI=1S/C12H23N3O2/c1-8-6-17-9(2)5-15(8)7-12(14,11(13)16)10-3-4-10/h8-10H,3-7,14H2,1-2H3,(H2,13,16). The third kappa shape index (κ3) is 2.61. The van der Waals surface area contributed by atoms with Gasteiger partial charge in [-0.2, -0.15) is 0 Å². The molecule has 2 aliphatic rings. The molecule has 17 heavy (non-hydrogen) atoms. The van der Waals surface area contributed by atoms with Gasteiger partial charge >= 0.3 is 0 Å². The van der Waals surface area contributed by atoms with Crippen LogP contribution in [0, 0.1) is 5.92 Å². The van der Waals surface area contributed by atoms with Gasteiger partial charge in [0, 0.05) is 19.1 Å². The summed E-state index contributed by atoms with van der Waals surface area (Å²) in [6.07, 6.45) is 2.24. The van der Waals surface area contributed by atoms with Crippen LogP contribution in [0.2, 0.25) is 0 Å². The van der Waals surface area contributed by atoms with Gasteiger partial charge in [-0.25, -0.2) is 0 Å². The van der Waals surface area contributed by atoms with Crippen LogP contribution in [0.15, 0.2) is 0 Å². The Bertz CT molecular complexity index is 306. The van der Waals surface area contributed by atoms with E-state index in [0.29, 0.717) is 19.2 Å². The van der Waals surface area contributed by atoms with Crippen molar-refractivity contribution in [2.75, 3.05) is 19.7 Å². The van der Waals surface area contributed by atoms with E-state index in [0.717, 1.165) is 19.4 Å². The first kappa shape index (κ1) is 12.8. The van der Waals surface area contributed by atoms with Gasteiger partial charge < -0.3 is 16.2 Å². The molecule has 4 N–H and O–H groups in total. The van der Waals surface area contributed by atoms with Crippen LogP contribution in [0.4, 0.5) is 0 Å². The fraction of sp³-hybridized carbons (Fsp3) is 0.917. The Morgan fingerprint density at radius 1 is 1.47 bits per heavy atom. The normalized spacial score (nSPS) is 34.3. The molecule has 5 heteroatoms. The Morgan fingerprint density at radius 3 is 2.65 bits per heavy atom. The summed E-state index contributed by atoms with van der Waals surface area (Å²) < 4.78 is 5.57. The van der Waals surface area contributed by atoms with Gasteiger partial charge in [0.05, 0.1) is 12.7 Å². The minimum absolute atomic E-state index is 0.197. The van der Waals surface area contributed by atoms with E-state index in [1.807, 2.05) is 6.92 Å². The number of primary amides is 1.